The zero-order chi connectivity index (χ0) is 24.2. The van der Waals surface area contributed by atoms with Crippen molar-refractivity contribution in [2.24, 2.45) is 17.5 Å². The smallest absolute Gasteiger partial charge is 0.437 e. The summed E-state index contributed by atoms with van der Waals surface area (Å²) in [5.41, 5.74) is 4.86. The van der Waals surface area contributed by atoms with Crippen LogP contribution < -0.4 is 16.3 Å². The molecule has 0 saturated heterocycles. The molecule has 3 rings (SSSR count). The molecule has 2 saturated carbocycles. The molecule has 0 atom stereocenters. The fourth-order valence-electron chi connectivity index (χ4n) is 3.78. The molecule has 2 aliphatic rings. The Morgan fingerprint density at radius 3 is 2.39 bits per heavy atom. The first-order valence-electron chi connectivity index (χ1n) is 11.2. The van der Waals surface area contributed by atoms with Crippen molar-refractivity contribution in [2.45, 2.75) is 57.2 Å². The summed E-state index contributed by atoms with van der Waals surface area (Å²) >= 11 is 0. The zero-order valence-corrected chi connectivity index (χ0v) is 19.0. The van der Waals surface area contributed by atoms with Crippen LogP contribution in [0.25, 0.3) is 5.70 Å². The molecule has 0 aromatic carbocycles. The number of hydrogen-bond acceptors (Lipinski definition) is 7. The maximum Gasteiger partial charge on any atom is 0.437 e. The van der Waals surface area contributed by atoms with E-state index in [-0.39, 0.29) is 35.5 Å². The molecule has 0 unspecified atom stereocenters. The Labute approximate surface area is 191 Å². The first kappa shape index (κ1) is 24.9. The van der Waals surface area contributed by atoms with E-state index in [0.717, 1.165) is 37.1 Å². The van der Waals surface area contributed by atoms with Crippen LogP contribution in [0, 0.1) is 5.92 Å². The summed E-state index contributed by atoms with van der Waals surface area (Å²) < 4.78 is 52.2. The summed E-state index contributed by atoms with van der Waals surface area (Å²) in [6, 6.07) is 2.59. The zero-order valence-electron chi connectivity index (χ0n) is 19.0. The number of aromatic nitrogens is 1. The highest BCUT2D eigenvalue weighted by atomic mass is 19.4. The van der Waals surface area contributed by atoms with Crippen molar-refractivity contribution >= 4 is 11.8 Å². The first-order valence-corrected chi connectivity index (χ1v) is 11.2. The topological polar surface area (TPSA) is 107 Å². The lowest BCUT2D eigenvalue weighted by molar-refractivity contribution is -0.143. The first-order chi connectivity index (χ1) is 15.6. The largest absolute Gasteiger partial charge is 0.488 e. The molecule has 2 fully saturated rings. The van der Waals surface area contributed by atoms with Crippen LogP contribution in [0.4, 0.5) is 18.0 Å². The molecule has 1 aromatic heterocycles. The predicted molar refractivity (Wildman–Crippen MR) is 116 cm³/mol. The van der Waals surface area contributed by atoms with Crippen LogP contribution in [0.1, 0.15) is 56.3 Å². The van der Waals surface area contributed by atoms with Gasteiger partial charge in [0.15, 0.2) is 11.4 Å². The minimum atomic E-state index is -4.73. The Balaban J connectivity index is 1.80. The van der Waals surface area contributed by atoms with E-state index in [1.54, 1.807) is 7.05 Å². The Hall–Kier alpha value is -2.69. The normalized spacial score (nSPS) is 17.9. The van der Waals surface area contributed by atoms with Gasteiger partial charge in [0.1, 0.15) is 6.61 Å². The van der Waals surface area contributed by atoms with Gasteiger partial charge in [-0.15, -0.1) is 0 Å². The van der Waals surface area contributed by atoms with E-state index in [1.165, 1.54) is 24.1 Å². The molecule has 1 heterocycles. The monoisotopic (exact) mass is 471 g/mol. The summed E-state index contributed by atoms with van der Waals surface area (Å²) in [6.45, 7) is 0.279. The van der Waals surface area contributed by atoms with Crippen LogP contribution in [0.5, 0.6) is 5.75 Å². The van der Waals surface area contributed by atoms with Gasteiger partial charge in [0.2, 0.25) is 0 Å². The molecule has 0 aliphatic heterocycles. The Bertz CT molecular complexity index is 865. The minimum Gasteiger partial charge on any atom is -0.488 e. The predicted octanol–water partition coefficient (Wildman–Crippen LogP) is 3.72. The van der Waals surface area contributed by atoms with Gasteiger partial charge in [-0.1, -0.05) is 6.42 Å². The second-order valence-corrected chi connectivity index (χ2v) is 8.77. The average Bonchev–Trinajstić information content (AvgIpc) is 3.57. The highest BCUT2D eigenvalue weighted by Gasteiger charge is 2.38. The van der Waals surface area contributed by atoms with Gasteiger partial charge in [-0.3, -0.25) is 0 Å². The second kappa shape index (κ2) is 10.5. The molecule has 2 aliphatic carbocycles. The van der Waals surface area contributed by atoms with Crippen molar-refractivity contribution < 1.29 is 27.4 Å². The number of alkyl halides is 3. The molecular weight excluding hydrogens is 439 g/mol. The van der Waals surface area contributed by atoms with E-state index >= 15 is 0 Å². The van der Waals surface area contributed by atoms with Gasteiger partial charge in [0, 0.05) is 20.6 Å². The van der Waals surface area contributed by atoms with E-state index in [1.807, 2.05) is 0 Å². The van der Waals surface area contributed by atoms with Crippen LogP contribution in [0.3, 0.4) is 0 Å². The maximum absolute atomic E-state index is 13.7. The summed E-state index contributed by atoms with van der Waals surface area (Å²) in [7, 11) is 3.08. The highest BCUT2D eigenvalue weighted by Crippen LogP contribution is 2.37. The van der Waals surface area contributed by atoms with Crippen molar-refractivity contribution in [3.63, 3.8) is 0 Å². The van der Waals surface area contributed by atoms with Crippen molar-refractivity contribution in [3.8, 4) is 5.75 Å². The van der Waals surface area contributed by atoms with Gasteiger partial charge in [-0.25, -0.2) is 15.6 Å². The van der Waals surface area contributed by atoms with Crippen molar-refractivity contribution in [2.75, 3.05) is 27.2 Å². The van der Waals surface area contributed by atoms with Gasteiger partial charge >= 0.3 is 12.3 Å². The molecule has 0 bridgehead atoms. The molecule has 4 N–H and O–H groups in total. The van der Waals surface area contributed by atoms with E-state index in [0.29, 0.717) is 25.3 Å². The molecule has 0 radical (unpaired) electrons. The molecule has 8 nitrogen and oxygen atoms in total. The summed E-state index contributed by atoms with van der Waals surface area (Å²) in [5.74, 6) is 5.99. The van der Waals surface area contributed by atoms with Crippen LogP contribution in [-0.2, 0) is 10.9 Å². The Kier molecular flexibility index (Phi) is 7.93. The maximum atomic E-state index is 13.7. The average molecular weight is 472 g/mol. The summed E-state index contributed by atoms with van der Waals surface area (Å²) in [5, 5.41) is 1.10. The lowest BCUT2D eigenvalue weighted by atomic mass is 9.98. The van der Waals surface area contributed by atoms with Crippen molar-refractivity contribution in [3.05, 3.63) is 29.2 Å². The molecule has 184 valence electrons. The quantitative estimate of drug-likeness (QED) is 0.440. The van der Waals surface area contributed by atoms with Gasteiger partial charge in [0.25, 0.3) is 0 Å². The minimum absolute atomic E-state index is 0.118. The molecule has 0 spiro atoms. The van der Waals surface area contributed by atoms with Crippen LogP contribution >= 0.6 is 0 Å². The molecule has 1 amide bonds. The summed E-state index contributed by atoms with van der Waals surface area (Å²) in [6.07, 6.45) is 0.931. The number of carbonyl (C=O) groups excluding carboxylic acids is 1. The van der Waals surface area contributed by atoms with E-state index in [2.05, 4.69) is 4.98 Å². The molecular formula is C22H32F3N5O3. The molecule has 11 heteroatoms. The van der Waals surface area contributed by atoms with Gasteiger partial charge in [-0.05, 0) is 56.6 Å². The number of amides is 1. The van der Waals surface area contributed by atoms with Crippen molar-refractivity contribution in [1.29, 1.82) is 0 Å². The SMILES string of the molecule is CN(CC1CC1)C(=O)OC/C(=C(/N)c1ccc(OC2CCCCC2)c(C(F)(F)F)n1)N(C)N. The number of likely N-dealkylation sites (N-methyl/N-ethyl adjacent to an activating group) is 1. The fraction of sp³-hybridized carbons (Fsp3) is 0.636. The van der Waals surface area contributed by atoms with Crippen LogP contribution in [-0.4, -0.2) is 54.3 Å². The Morgan fingerprint density at radius 1 is 1.15 bits per heavy atom. The van der Waals surface area contributed by atoms with Crippen LogP contribution in [0.2, 0.25) is 0 Å². The van der Waals surface area contributed by atoms with Crippen molar-refractivity contribution in [1.82, 2.24) is 14.9 Å². The third-order valence-corrected chi connectivity index (χ3v) is 5.86. The number of pyridine rings is 1. The number of halogens is 3. The third kappa shape index (κ3) is 6.89. The number of ether oxygens (including phenoxy) is 2. The number of nitrogens with two attached hydrogens (primary N) is 2. The second-order valence-electron chi connectivity index (χ2n) is 8.77. The number of rotatable bonds is 8. The standard InChI is InChI=1S/C22H32F3N5O3/c1-29(12-14-8-9-14)21(31)32-13-17(30(2)27)19(26)16-10-11-18(20(28-16)22(23,24)25)33-15-6-4-3-5-7-15/h10-11,14-15H,3-9,12-13,26-27H2,1-2H3/b19-17-. The van der Waals surface area contributed by atoms with E-state index in [9.17, 15) is 18.0 Å². The van der Waals surface area contributed by atoms with Gasteiger partial charge in [-0.2, -0.15) is 13.2 Å². The molecule has 33 heavy (non-hydrogen) atoms. The van der Waals surface area contributed by atoms with Gasteiger partial charge in [0.05, 0.1) is 23.2 Å². The third-order valence-electron chi connectivity index (χ3n) is 5.86. The van der Waals surface area contributed by atoms with Gasteiger partial charge < -0.3 is 25.1 Å². The van der Waals surface area contributed by atoms with E-state index < -0.39 is 18.0 Å². The fourth-order valence-corrected chi connectivity index (χ4v) is 3.78. The lowest BCUT2D eigenvalue weighted by Gasteiger charge is -2.25. The number of hydrazine groups is 1. The number of hydrogen-bond donors (Lipinski definition) is 2. The molecule has 1 aromatic rings. The number of carbonyl (C=O) groups is 1. The lowest BCUT2D eigenvalue weighted by Crippen LogP contribution is -2.34. The van der Waals surface area contributed by atoms with Crippen LogP contribution in [0.15, 0.2) is 17.8 Å². The Morgan fingerprint density at radius 2 is 1.82 bits per heavy atom. The highest BCUT2D eigenvalue weighted by molar-refractivity contribution is 5.68. The number of nitrogens with zero attached hydrogens (tertiary/aromatic N) is 3. The summed E-state index contributed by atoms with van der Waals surface area (Å²) in [4.78, 5) is 17.4. The van der Waals surface area contributed by atoms with E-state index in [4.69, 9.17) is 21.1 Å².